The Hall–Kier alpha value is -3.44. The highest BCUT2D eigenvalue weighted by Crippen LogP contribution is 2.38. The van der Waals surface area contributed by atoms with Crippen LogP contribution in [0.3, 0.4) is 0 Å². The minimum atomic E-state index is 0.811. The first-order chi connectivity index (χ1) is 19.1. The minimum absolute atomic E-state index is 0.811. The van der Waals surface area contributed by atoms with Gasteiger partial charge in [0.2, 0.25) is 0 Å². The van der Waals surface area contributed by atoms with E-state index in [1.807, 2.05) is 0 Å². The maximum Gasteiger partial charge on any atom is 0.0738 e. The van der Waals surface area contributed by atoms with E-state index in [-0.39, 0.29) is 0 Å². The number of rotatable bonds is 6. The average molecular weight is 536 g/mol. The molecule has 0 aliphatic carbocycles. The molecular formula is C35H45N5. The van der Waals surface area contributed by atoms with Gasteiger partial charge in [0.1, 0.15) is 0 Å². The zero-order valence-corrected chi connectivity index (χ0v) is 26.1. The lowest BCUT2D eigenvalue weighted by Crippen LogP contribution is -2.12. The van der Waals surface area contributed by atoms with Crippen molar-refractivity contribution in [3.05, 3.63) is 68.8 Å². The van der Waals surface area contributed by atoms with E-state index in [1.165, 1.54) is 55.6 Å². The number of hydrogen-bond acceptors (Lipinski definition) is 3. The smallest absolute Gasteiger partial charge is 0.0738 e. The van der Waals surface area contributed by atoms with Gasteiger partial charge >= 0.3 is 0 Å². The van der Waals surface area contributed by atoms with Gasteiger partial charge in [0.25, 0.3) is 0 Å². The summed E-state index contributed by atoms with van der Waals surface area (Å²) in [5, 5.41) is 0. The summed E-state index contributed by atoms with van der Waals surface area (Å²) in [6.07, 6.45) is 3.82. The van der Waals surface area contributed by atoms with Gasteiger partial charge in [-0.2, -0.15) is 0 Å². The second kappa shape index (κ2) is 10.9. The molecule has 0 saturated carbocycles. The first kappa shape index (κ1) is 28.1. The number of aryl methyl sites for hydroxylation is 4. The fourth-order valence-electron chi connectivity index (χ4n) is 6.70. The number of aromatic amines is 2. The van der Waals surface area contributed by atoms with E-state index >= 15 is 0 Å². The Bertz CT molecular complexity index is 1720. The number of aromatic nitrogens is 4. The molecule has 210 valence electrons. The van der Waals surface area contributed by atoms with Crippen molar-refractivity contribution in [2.75, 3.05) is 14.1 Å². The third kappa shape index (κ3) is 4.54. The van der Waals surface area contributed by atoms with E-state index in [2.05, 4.69) is 103 Å². The zero-order valence-electron chi connectivity index (χ0n) is 26.1. The van der Waals surface area contributed by atoms with E-state index in [9.17, 15) is 0 Å². The van der Waals surface area contributed by atoms with Crippen molar-refractivity contribution in [2.45, 2.75) is 87.6 Å². The van der Waals surface area contributed by atoms with Gasteiger partial charge in [-0.15, -0.1) is 0 Å². The molecule has 0 radical (unpaired) electrons. The van der Waals surface area contributed by atoms with Gasteiger partial charge in [-0.1, -0.05) is 27.7 Å². The van der Waals surface area contributed by atoms with Crippen molar-refractivity contribution in [3.63, 3.8) is 0 Å². The summed E-state index contributed by atoms with van der Waals surface area (Å²) in [6, 6.07) is 6.80. The molecular weight excluding hydrogens is 490 g/mol. The molecule has 0 aromatic carbocycles. The average Bonchev–Trinajstić information content (AvgIpc) is 3.59. The molecule has 8 bridgehead atoms. The van der Waals surface area contributed by atoms with Gasteiger partial charge in [-0.05, 0) is 130 Å². The van der Waals surface area contributed by atoms with Crippen molar-refractivity contribution in [2.24, 2.45) is 0 Å². The largest absolute Gasteiger partial charge is 0.355 e. The Morgan fingerprint density at radius 3 is 1.75 bits per heavy atom. The predicted octanol–water partition coefficient (Wildman–Crippen LogP) is 8.80. The van der Waals surface area contributed by atoms with E-state index in [4.69, 9.17) is 9.97 Å². The van der Waals surface area contributed by atoms with Gasteiger partial charge in [0.05, 0.1) is 22.8 Å². The van der Waals surface area contributed by atoms with Crippen molar-refractivity contribution >= 4 is 44.4 Å². The highest BCUT2D eigenvalue weighted by atomic mass is 15.1. The highest BCUT2D eigenvalue weighted by molar-refractivity contribution is 5.95. The Labute approximate surface area is 239 Å². The first-order valence-electron chi connectivity index (χ1n) is 14.9. The van der Waals surface area contributed by atoms with Gasteiger partial charge in [0.15, 0.2) is 0 Å². The van der Waals surface area contributed by atoms with Crippen LogP contribution in [0.2, 0.25) is 0 Å². The summed E-state index contributed by atoms with van der Waals surface area (Å²) in [7, 11) is 4.29. The van der Waals surface area contributed by atoms with Crippen molar-refractivity contribution in [1.29, 1.82) is 0 Å². The molecule has 3 aromatic rings. The zero-order chi connectivity index (χ0) is 28.9. The topological polar surface area (TPSA) is 60.6 Å². The van der Waals surface area contributed by atoms with Crippen LogP contribution in [-0.4, -0.2) is 38.9 Å². The summed E-state index contributed by atoms with van der Waals surface area (Å²) < 4.78 is 0. The van der Waals surface area contributed by atoms with Crippen LogP contribution in [0.25, 0.3) is 44.4 Å². The molecule has 0 amide bonds. The molecule has 5 heteroatoms. The molecule has 0 fully saturated rings. The third-order valence-electron chi connectivity index (χ3n) is 8.92. The molecule has 5 rings (SSSR count). The second-order valence-corrected chi connectivity index (χ2v) is 11.6. The van der Waals surface area contributed by atoms with Crippen molar-refractivity contribution in [3.8, 4) is 0 Å². The van der Waals surface area contributed by atoms with Crippen LogP contribution >= 0.6 is 0 Å². The normalized spacial score (nSPS) is 13.8. The molecule has 2 N–H and O–H groups in total. The molecule has 0 saturated heterocycles. The van der Waals surface area contributed by atoms with Crippen LogP contribution < -0.4 is 0 Å². The number of allylic oxidation sites excluding steroid dienone is 4. The summed E-state index contributed by atoms with van der Waals surface area (Å²) in [6.45, 7) is 18.7. The van der Waals surface area contributed by atoms with Gasteiger partial charge in [-0.25, -0.2) is 9.97 Å². The van der Waals surface area contributed by atoms with E-state index in [1.54, 1.807) is 0 Å². The molecule has 5 heterocycles. The maximum atomic E-state index is 5.37. The van der Waals surface area contributed by atoms with E-state index in [0.29, 0.717) is 0 Å². The van der Waals surface area contributed by atoms with Gasteiger partial charge in [0, 0.05) is 34.2 Å². The third-order valence-corrected chi connectivity index (χ3v) is 8.92. The van der Waals surface area contributed by atoms with Gasteiger partial charge in [-0.3, -0.25) is 0 Å². The predicted molar refractivity (Wildman–Crippen MR) is 172 cm³/mol. The summed E-state index contributed by atoms with van der Waals surface area (Å²) in [5.74, 6) is 0. The maximum absolute atomic E-state index is 5.37. The SMILES string of the molecule is CCC1=C(C)c2cc3[nH]c(c(C)c3CC)c(CN(C)C)c3nc(cc4[nH]c(cc1n2)c(C)c4CC)C(C)=C3CC. The Kier molecular flexibility index (Phi) is 7.62. The van der Waals surface area contributed by atoms with Crippen LogP contribution in [0.15, 0.2) is 18.2 Å². The number of hydrogen-bond donors (Lipinski definition) is 2. The number of nitrogens with zero attached hydrogens (tertiary/aromatic N) is 3. The Balaban J connectivity index is 2.06. The van der Waals surface area contributed by atoms with Crippen LogP contribution in [0.1, 0.15) is 105 Å². The molecule has 0 unspecified atom stereocenters. The van der Waals surface area contributed by atoms with Crippen LogP contribution in [0, 0.1) is 13.8 Å². The molecule has 3 aromatic heterocycles. The fraction of sp³-hybridized carbons (Fsp3) is 0.429. The standard InChI is InChI=1S/C35H45N5/c1-11-23-20(6)29-16-33-25(13-3)22(8)34(39-33)27(18-40(9)10)35-26(14-4)21(7)30(38-35)17-32-24(12-2)19(5)28(36-32)15-31(23)37-29/h15-17,36,39H,11-14,18H2,1-10H3. The molecule has 0 spiro atoms. The Morgan fingerprint density at radius 2 is 1.15 bits per heavy atom. The highest BCUT2D eigenvalue weighted by Gasteiger charge is 2.23. The molecule has 2 aliphatic rings. The fourth-order valence-corrected chi connectivity index (χ4v) is 6.70. The number of fused-ring (bicyclic) bond motifs is 8. The molecule has 40 heavy (non-hydrogen) atoms. The molecule has 2 aliphatic heterocycles. The van der Waals surface area contributed by atoms with Gasteiger partial charge < -0.3 is 14.9 Å². The lowest BCUT2D eigenvalue weighted by Gasteiger charge is -2.13. The molecule has 5 nitrogen and oxygen atoms in total. The van der Waals surface area contributed by atoms with E-state index in [0.717, 1.165) is 71.6 Å². The minimum Gasteiger partial charge on any atom is -0.355 e. The summed E-state index contributed by atoms with van der Waals surface area (Å²) in [5.41, 5.74) is 20.7. The quantitative estimate of drug-likeness (QED) is 0.331. The van der Waals surface area contributed by atoms with E-state index < -0.39 is 0 Å². The summed E-state index contributed by atoms with van der Waals surface area (Å²) >= 11 is 0. The van der Waals surface area contributed by atoms with Crippen molar-refractivity contribution in [1.82, 2.24) is 24.8 Å². The number of nitrogens with one attached hydrogen (secondary N) is 2. The summed E-state index contributed by atoms with van der Waals surface area (Å²) in [4.78, 5) is 20.5. The number of H-pyrrole nitrogens is 2. The van der Waals surface area contributed by atoms with Crippen molar-refractivity contribution < 1.29 is 0 Å². The first-order valence-corrected chi connectivity index (χ1v) is 14.9. The molecule has 0 atom stereocenters. The monoisotopic (exact) mass is 535 g/mol. The Morgan fingerprint density at radius 1 is 0.600 bits per heavy atom. The van der Waals surface area contributed by atoms with Crippen LogP contribution in [0.4, 0.5) is 0 Å². The lowest BCUT2D eigenvalue weighted by molar-refractivity contribution is 0.403. The van der Waals surface area contributed by atoms with Crippen LogP contribution in [0.5, 0.6) is 0 Å². The lowest BCUT2D eigenvalue weighted by atomic mass is 9.98. The second-order valence-electron chi connectivity index (χ2n) is 11.6. The van der Waals surface area contributed by atoms with Crippen LogP contribution in [-0.2, 0) is 19.4 Å².